The molecule has 106 valence electrons. The monoisotopic (exact) mass is 263 g/mol. The molecule has 1 aromatic rings. The number of carbonyl (C=O) groups excluding carboxylic acids is 1. The molecule has 3 heteroatoms. The number of primary amides is 1. The van der Waals surface area contributed by atoms with Gasteiger partial charge in [-0.05, 0) is 11.0 Å². The molecular formula is C16H27N2O+. The predicted molar refractivity (Wildman–Crippen MR) is 78.7 cm³/mol. The summed E-state index contributed by atoms with van der Waals surface area (Å²) >= 11 is 0. The van der Waals surface area contributed by atoms with E-state index in [4.69, 9.17) is 5.73 Å². The minimum atomic E-state index is -0.267. The maximum atomic E-state index is 10.9. The molecule has 0 aliphatic heterocycles. The lowest BCUT2D eigenvalue weighted by atomic mass is 9.85. The van der Waals surface area contributed by atoms with Crippen LogP contribution in [0.2, 0.25) is 0 Å². The van der Waals surface area contributed by atoms with Gasteiger partial charge in [-0.15, -0.1) is 0 Å². The van der Waals surface area contributed by atoms with E-state index in [0.717, 1.165) is 0 Å². The Balaban J connectivity index is 2.88. The molecule has 3 nitrogen and oxygen atoms in total. The van der Waals surface area contributed by atoms with E-state index in [2.05, 4.69) is 58.9 Å². The first-order valence-corrected chi connectivity index (χ1v) is 6.94. The molecule has 0 saturated heterocycles. The number of rotatable bonds is 5. The maximum absolute atomic E-state index is 10.9. The average molecular weight is 263 g/mol. The van der Waals surface area contributed by atoms with Crippen LogP contribution in [0.4, 0.5) is 0 Å². The van der Waals surface area contributed by atoms with Gasteiger partial charge in [-0.1, -0.05) is 58.9 Å². The summed E-state index contributed by atoms with van der Waals surface area (Å²) in [6, 6.07) is 8.98. The zero-order valence-corrected chi connectivity index (χ0v) is 12.7. The van der Waals surface area contributed by atoms with Gasteiger partial charge in [0.05, 0.1) is 0 Å². The van der Waals surface area contributed by atoms with E-state index >= 15 is 0 Å². The van der Waals surface area contributed by atoms with E-state index in [-0.39, 0.29) is 17.4 Å². The normalized spacial score (nSPS) is 13.6. The van der Waals surface area contributed by atoms with E-state index in [9.17, 15) is 4.79 Å². The number of quaternary nitrogens is 1. The van der Waals surface area contributed by atoms with Crippen molar-refractivity contribution in [1.82, 2.24) is 0 Å². The summed E-state index contributed by atoms with van der Waals surface area (Å²) in [7, 11) is 0. The second-order valence-corrected chi connectivity index (χ2v) is 6.55. The molecular weight excluding hydrogens is 236 g/mol. The third-order valence-corrected chi connectivity index (χ3v) is 3.45. The lowest BCUT2D eigenvalue weighted by Crippen LogP contribution is -2.88. The Bertz CT molecular complexity index is 415. The highest BCUT2D eigenvalue weighted by atomic mass is 16.1. The van der Waals surface area contributed by atoms with Crippen molar-refractivity contribution in [2.45, 2.75) is 46.1 Å². The standard InChI is InChI=1S/C16H26N2O/c1-11(2)15(18-10-14(17)19)12-6-8-13(9-7-12)16(3,4)5/h6-9,11,15,18H,10H2,1-5H3,(H2,17,19)/p+1/t15-/m1/s1. The van der Waals surface area contributed by atoms with Gasteiger partial charge in [0.15, 0.2) is 6.54 Å². The zero-order chi connectivity index (χ0) is 14.6. The van der Waals surface area contributed by atoms with Crippen molar-refractivity contribution in [2.24, 2.45) is 11.7 Å². The number of amides is 1. The van der Waals surface area contributed by atoms with Gasteiger partial charge in [0.25, 0.3) is 5.91 Å². The molecule has 0 spiro atoms. The van der Waals surface area contributed by atoms with E-state index in [0.29, 0.717) is 12.5 Å². The SMILES string of the molecule is CC(C)[C@@H]([NH2+]CC(N)=O)c1ccc(C(C)(C)C)cc1. The molecule has 0 unspecified atom stereocenters. The zero-order valence-electron chi connectivity index (χ0n) is 12.7. The Morgan fingerprint density at radius 2 is 1.74 bits per heavy atom. The van der Waals surface area contributed by atoms with Gasteiger partial charge in [0, 0.05) is 11.5 Å². The van der Waals surface area contributed by atoms with E-state index < -0.39 is 0 Å². The third kappa shape index (κ3) is 4.67. The molecule has 0 heterocycles. The van der Waals surface area contributed by atoms with Gasteiger partial charge in [0.1, 0.15) is 6.04 Å². The molecule has 0 aliphatic carbocycles. The molecule has 0 fully saturated rings. The Kier molecular flexibility index (Phi) is 5.12. The summed E-state index contributed by atoms with van der Waals surface area (Å²) in [6.07, 6.45) is 0. The van der Waals surface area contributed by atoms with Crippen LogP contribution in [0.3, 0.4) is 0 Å². The van der Waals surface area contributed by atoms with Crippen molar-refractivity contribution in [3.63, 3.8) is 0 Å². The highest BCUT2D eigenvalue weighted by molar-refractivity contribution is 5.74. The second-order valence-electron chi connectivity index (χ2n) is 6.55. The predicted octanol–water partition coefficient (Wildman–Crippen LogP) is 1.73. The Labute approximate surface area is 116 Å². The van der Waals surface area contributed by atoms with Crippen molar-refractivity contribution < 1.29 is 10.1 Å². The molecule has 0 saturated carbocycles. The fraction of sp³-hybridized carbons (Fsp3) is 0.562. The Morgan fingerprint density at radius 1 is 1.21 bits per heavy atom. The average Bonchev–Trinajstić information content (AvgIpc) is 2.27. The van der Waals surface area contributed by atoms with E-state index in [1.807, 2.05) is 5.32 Å². The van der Waals surface area contributed by atoms with Gasteiger partial charge in [0.2, 0.25) is 0 Å². The topological polar surface area (TPSA) is 59.7 Å². The second kappa shape index (κ2) is 6.20. The Morgan fingerprint density at radius 3 is 2.11 bits per heavy atom. The number of nitrogens with two attached hydrogens (primary N) is 2. The van der Waals surface area contributed by atoms with Crippen molar-refractivity contribution in [2.75, 3.05) is 6.54 Å². The van der Waals surface area contributed by atoms with Gasteiger partial charge in [-0.25, -0.2) is 0 Å². The van der Waals surface area contributed by atoms with Crippen LogP contribution in [0.25, 0.3) is 0 Å². The van der Waals surface area contributed by atoms with Crippen LogP contribution in [-0.4, -0.2) is 12.5 Å². The van der Waals surface area contributed by atoms with Gasteiger partial charge < -0.3 is 11.1 Å². The van der Waals surface area contributed by atoms with E-state index in [1.165, 1.54) is 11.1 Å². The van der Waals surface area contributed by atoms with Gasteiger partial charge in [-0.3, -0.25) is 4.79 Å². The minimum absolute atomic E-state index is 0.169. The first kappa shape index (κ1) is 15.7. The molecule has 1 amide bonds. The number of hydrogen-bond donors (Lipinski definition) is 2. The van der Waals surface area contributed by atoms with Crippen molar-refractivity contribution in [3.05, 3.63) is 35.4 Å². The third-order valence-electron chi connectivity index (χ3n) is 3.45. The smallest absolute Gasteiger partial charge is 0.272 e. The highest BCUT2D eigenvalue weighted by Crippen LogP contribution is 2.25. The van der Waals surface area contributed by atoms with Crippen LogP contribution in [0.15, 0.2) is 24.3 Å². The van der Waals surface area contributed by atoms with E-state index in [1.54, 1.807) is 0 Å². The lowest BCUT2D eigenvalue weighted by molar-refractivity contribution is -0.692. The van der Waals surface area contributed by atoms with Crippen molar-refractivity contribution in [1.29, 1.82) is 0 Å². The largest absolute Gasteiger partial charge is 0.365 e. The highest BCUT2D eigenvalue weighted by Gasteiger charge is 2.21. The number of hydrogen-bond acceptors (Lipinski definition) is 1. The molecule has 4 N–H and O–H groups in total. The number of benzene rings is 1. The van der Waals surface area contributed by atoms with Crippen LogP contribution >= 0.6 is 0 Å². The first-order valence-electron chi connectivity index (χ1n) is 6.94. The molecule has 1 rings (SSSR count). The van der Waals surface area contributed by atoms with Gasteiger partial charge in [-0.2, -0.15) is 0 Å². The first-order chi connectivity index (χ1) is 8.71. The van der Waals surface area contributed by atoms with Crippen molar-refractivity contribution in [3.8, 4) is 0 Å². The maximum Gasteiger partial charge on any atom is 0.272 e. The molecule has 0 aliphatic rings. The fourth-order valence-electron chi connectivity index (χ4n) is 2.24. The fourth-order valence-corrected chi connectivity index (χ4v) is 2.24. The molecule has 0 radical (unpaired) electrons. The minimum Gasteiger partial charge on any atom is -0.365 e. The molecule has 1 atom stereocenters. The van der Waals surface area contributed by atoms with Crippen LogP contribution in [0.5, 0.6) is 0 Å². The summed E-state index contributed by atoms with van der Waals surface area (Å²) in [5.74, 6) is 0.191. The quantitative estimate of drug-likeness (QED) is 0.835. The summed E-state index contributed by atoms with van der Waals surface area (Å²) in [5.41, 5.74) is 7.98. The lowest BCUT2D eigenvalue weighted by Gasteiger charge is -2.22. The molecule has 0 aromatic heterocycles. The molecule has 19 heavy (non-hydrogen) atoms. The summed E-state index contributed by atoms with van der Waals surface area (Å²) < 4.78 is 0. The summed E-state index contributed by atoms with van der Waals surface area (Å²) in [4.78, 5) is 10.9. The van der Waals surface area contributed by atoms with Crippen LogP contribution < -0.4 is 11.1 Å². The summed E-state index contributed by atoms with van der Waals surface area (Å²) in [6.45, 7) is 11.3. The van der Waals surface area contributed by atoms with Crippen LogP contribution in [0.1, 0.15) is 51.8 Å². The van der Waals surface area contributed by atoms with Gasteiger partial charge >= 0.3 is 0 Å². The van der Waals surface area contributed by atoms with Crippen LogP contribution in [0, 0.1) is 5.92 Å². The molecule has 0 bridgehead atoms. The van der Waals surface area contributed by atoms with Crippen LogP contribution in [-0.2, 0) is 10.2 Å². The Hall–Kier alpha value is -1.35. The number of carbonyl (C=O) groups is 1. The molecule has 1 aromatic carbocycles. The summed E-state index contributed by atoms with van der Waals surface area (Å²) in [5, 5.41) is 2.03. The van der Waals surface area contributed by atoms with Crippen molar-refractivity contribution >= 4 is 5.91 Å².